The molecule has 1 fully saturated rings. The van der Waals surface area contributed by atoms with Gasteiger partial charge in [-0.05, 0) is 48.6 Å². The van der Waals surface area contributed by atoms with Crippen molar-refractivity contribution in [2.45, 2.75) is 31.3 Å². The summed E-state index contributed by atoms with van der Waals surface area (Å²) in [6, 6.07) is 15.5. The molecule has 7 heteroatoms. The van der Waals surface area contributed by atoms with Crippen LogP contribution in [0.5, 0.6) is 0 Å². The van der Waals surface area contributed by atoms with Gasteiger partial charge in [0.2, 0.25) is 5.91 Å². The maximum absolute atomic E-state index is 12.9. The molecule has 2 atom stereocenters. The molecule has 4 N–H and O–H groups in total. The molecule has 2 unspecified atom stereocenters. The van der Waals surface area contributed by atoms with Crippen LogP contribution in [-0.2, 0) is 11.2 Å². The number of nitrogens with two attached hydrogens (primary N) is 1. The smallest absolute Gasteiger partial charge is 0.251 e. The van der Waals surface area contributed by atoms with Gasteiger partial charge in [-0.3, -0.25) is 9.59 Å². The van der Waals surface area contributed by atoms with Gasteiger partial charge in [-0.2, -0.15) is 0 Å². The van der Waals surface area contributed by atoms with Crippen LogP contribution in [-0.4, -0.2) is 30.4 Å². The number of carbonyl (C=O) groups excluding carboxylic acids is 2. The third kappa shape index (κ3) is 6.23. The van der Waals surface area contributed by atoms with Crippen molar-refractivity contribution in [3.63, 3.8) is 0 Å². The van der Waals surface area contributed by atoms with Gasteiger partial charge in [0.1, 0.15) is 6.04 Å². The number of benzene rings is 2. The first kappa shape index (κ1) is 22.2. The highest BCUT2D eigenvalue weighted by atomic mass is 35.5. The zero-order valence-corrected chi connectivity index (χ0v) is 17.0. The first-order valence-electron chi connectivity index (χ1n) is 9.17. The van der Waals surface area contributed by atoms with E-state index in [9.17, 15) is 9.59 Å². The summed E-state index contributed by atoms with van der Waals surface area (Å²) in [5.74, 6) is -0.0646. The lowest BCUT2D eigenvalue weighted by Gasteiger charge is -2.23. The third-order valence-electron chi connectivity index (χ3n) is 4.78. The SMILES string of the molecule is Cl.NCC(NC(=O)C(Cc1ccccc1)NC(=O)c1ccc(Cl)cc1)C1CC1. The van der Waals surface area contributed by atoms with E-state index < -0.39 is 6.04 Å². The Labute approximate surface area is 176 Å². The van der Waals surface area contributed by atoms with Crippen LogP contribution in [0.1, 0.15) is 28.8 Å². The third-order valence-corrected chi connectivity index (χ3v) is 5.04. The summed E-state index contributed by atoms with van der Waals surface area (Å²) in [4.78, 5) is 25.5. The Morgan fingerprint density at radius 3 is 2.25 bits per heavy atom. The minimum Gasteiger partial charge on any atom is -0.350 e. The molecule has 0 aliphatic heterocycles. The second-order valence-electron chi connectivity index (χ2n) is 6.91. The Bertz CT molecular complexity index is 780. The quantitative estimate of drug-likeness (QED) is 0.612. The minimum atomic E-state index is -0.677. The summed E-state index contributed by atoms with van der Waals surface area (Å²) in [7, 11) is 0. The predicted molar refractivity (Wildman–Crippen MR) is 114 cm³/mol. The molecule has 1 aliphatic carbocycles. The summed E-state index contributed by atoms with van der Waals surface area (Å²) < 4.78 is 0. The number of nitrogens with one attached hydrogen (secondary N) is 2. The van der Waals surface area contributed by atoms with E-state index in [0.29, 0.717) is 29.5 Å². The van der Waals surface area contributed by atoms with Crippen LogP contribution < -0.4 is 16.4 Å². The Hall–Kier alpha value is -2.08. The molecule has 0 heterocycles. The van der Waals surface area contributed by atoms with Crippen LogP contribution in [0, 0.1) is 5.92 Å². The topological polar surface area (TPSA) is 84.2 Å². The summed E-state index contributed by atoms with van der Waals surface area (Å²) in [5, 5.41) is 6.43. The van der Waals surface area contributed by atoms with E-state index in [-0.39, 0.29) is 30.3 Å². The number of carbonyl (C=O) groups is 2. The Morgan fingerprint density at radius 1 is 1.04 bits per heavy atom. The molecule has 2 aromatic carbocycles. The monoisotopic (exact) mass is 421 g/mol. The van der Waals surface area contributed by atoms with Crippen molar-refractivity contribution in [3.05, 3.63) is 70.7 Å². The number of hydrogen-bond donors (Lipinski definition) is 3. The first-order valence-corrected chi connectivity index (χ1v) is 9.55. The lowest BCUT2D eigenvalue weighted by atomic mass is 10.0. The predicted octanol–water partition coefficient (Wildman–Crippen LogP) is 2.96. The van der Waals surface area contributed by atoms with Crippen LogP contribution >= 0.6 is 24.0 Å². The van der Waals surface area contributed by atoms with E-state index in [2.05, 4.69) is 10.6 Å². The molecular weight excluding hydrogens is 397 g/mol. The molecule has 0 bridgehead atoms. The van der Waals surface area contributed by atoms with E-state index in [4.69, 9.17) is 17.3 Å². The maximum atomic E-state index is 12.9. The summed E-state index contributed by atoms with van der Waals surface area (Å²) in [6.07, 6.45) is 2.58. The van der Waals surface area contributed by atoms with Crippen molar-refractivity contribution in [1.29, 1.82) is 0 Å². The van der Waals surface area contributed by atoms with Gasteiger partial charge in [-0.15, -0.1) is 12.4 Å². The minimum absolute atomic E-state index is 0. The fraction of sp³-hybridized carbons (Fsp3) is 0.333. The molecule has 5 nitrogen and oxygen atoms in total. The van der Waals surface area contributed by atoms with Crippen molar-refractivity contribution in [3.8, 4) is 0 Å². The van der Waals surface area contributed by atoms with E-state index >= 15 is 0 Å². The Balaban J connectivity index is 0.00000280. The molecule has 150 valence electrons. The van der Waals surface area contributed by atoms with E-state index in [1.165, 1.54) is 0 Å². The van der Waals surface area contributed by atoms with Gasteiger partial charge in [0, 0.05) is 29.6 Å². The highest BCUT2D eigenvalue weighted by molar-refractivity contribution is 6.30. The van der Waals surface area contributed by atoms with Crippen LogP contribution in [0.15, 0.2) is 54.6 Å². The molecule has 2 amide bonds. The molecule has 0 aromatic heterocycles. The summed E-state index contributed by atoms with van der Waals surface area (Å²) in [6.45, 7) is 0.402. The molecule has 1 saturated carbocycles. The number of hydrogen-bond acceptors (Lipinski definition) is 3. The van der Waals surface area contributed by atoms with Crippen LogP contribution in [0.2, 0.25) is 5.02 Å². The van der Waals surface area contributed by atoms with Gasteiger partial charge in [0.05, 0.1) is 0 Å². The molecule has 0 saturated heterocycles. The van der Waals surface area contributed by atoms with Crippen molar-refractivity contribution < 1.29 is 9.59 Å². The van der Waals surface area contributed by atoms with E-state index in [1.54, 1.807) is 24.3 Å². The zero-order valence-electron chi connectivity index (χ0n) is 15.4. The average molecular weight is 422 g/mol. The van der Waals surface area contributed by atoms with E-state index in [1.807, 2.05) is 30.3 Å². The highest BCUT2D eigenvalue weighted by Crippen LogP contribution is 2.32. The van der Waals surface area contributed by atoms with Crippen molar-refractivity contribution in [1.82, 2.24) is 10.6 Å². The van der Waals surface area contributed by atoms with E-state index in [0.717, 1.165) is 18.4 Å². The van der Waals surface area contributed by atoms with Crippen molar-refractivity contribution in [2.24, 2.45) is 11.7 Å². The Kier molecular flexibility index (Phi) is 8.30. The van der Waals surface area contributed by atoms with Crippen molar-refractivity contribution >= 4 is 35.8 Å². The van der Waals surface area contributed by atoms with Gasteiger partial charge >= 0.3 is 0 Å². The molecule has 3 rings (SSSR count). The second-order valence-corrected chi connectivity index (χ2v) is 7.35. The Morgan fingerprint density at radius 2 is 1.68 bits per heavy atom. The number of rotatable bonds is 8. The first-order chi connectivity index (χ1) is 13.1. The van der Waals surface area contributed by atoms with Crippen molar-refractivity contribution in [2.75, 3.05) is 6.54 Å². The normalized spacial score (nSPS) is 15.1. The fourth-order valence-electron chi connectivity index (χ4n) is 3.05. The maximum Gasteiger partial charge on any atom is 0.251 e. The van der Waals surface area contributed by atoms with Gasteiger partial charge in [-0.25, -0.2) is 0 Å². The second kappa shape index (κ2) is 10.5. The lowest BCUT2D eigenvalue weighted by molar-refractivity contribution is -0.123. The van der Waals surface area contributed by atoms with Crippen LogP contribution in [0.25, 0.3) is 0 Å². The summed E-state index contributed by atoms with van der Waals surface area (Å²) in [5.41, 5.74) is 7.24. The molecule has 1 aliphatic rings. The van der Waals surface area contributed by atoms with Gasteiger partial charge in [0.25, 0.3) is 5.91 Å². The summed E-state index contributed by atoms with van der Waals surface area (Å²) >= 11 is 5.88. The largest absolute Gasteiger partial charge is 0.350 e. The number of amides is 2. The van der Waals surface area contributed by atoms with Gasteiger partial charge in [0.15, 0.2) is 0 Å². The van der Waals surface area contributed by atoms with Crippen LogP contribution in [0.4, 0.5) is 0 Å². The molecule has 0 spiro atoms. The molecule has 28 heavy (non-hydrogen) atoms. The zero-order chi connectivity index (χ0) is 19.2. The lowest BCUT2D eigenvalue weighted by Crippen LogP contribution is -2.52. The average Bonchev–Trinajstić information content (AvgIpc) is 3.52. The number of halogens is 2. The van der Waals surface area contributed by atoms with Gasteiger partial charge < -0.3 is 16.4 Å². The standard InChI is InChI=1S/C21H24ClN3O2.ClH/c22-17-10-8-16(9-11-17)20(26)24-18(12-14-4-2-1-3-5-14)21(27)25-19(13-23)15-6-7-15;/h1-5,8-11,15,18-19H,6-7,12-13,23H2,(H,24,26)(H,25,27);1H. The molecule has 0 radical (unpaired) electrons. The highest BCUT2D eigenvalue weighted by Gasteiger charge is 2.33. The fourth-order valence-corrected chi connectivity index (χ4v) is 3.18. The van der Waals surface area contributed by atoms with Gasteiger partial charge in [-0.1, -0.05) is 41.9 Å². The van der Waals surface area contributed by atoms with Crippen LogP contribution in [0.3, 0.4) is 0 Å². The molecule has 2 aromatic rings. The molecular formula is C21H25Cl2N3O2.